The van der Waals surface area contributed by atoms with Crippen LogP contribution < -0.4 is 0 Å². The number of halogens is 3. The van der Waals surface area contributed by atoms with E-state index in [0.29, 0.717) is 15.9 Å². The van der Waals surface area contributed by atoms with Gasteiger partial charge in [-0.25, -0.2) is 9.37 Å². The van der Waals surface area contributed by atoms with Crippen LogP contribution in [-0.2, 0) is 0 Å². The zero-order chi connectivity index (χ0) is 13.6. The number of rotatable bonds is 1. The fourth-order valence-corrected chi connectivity index (χ4v) is 2.96. The predicted octanol–water partition coefficient (Wildman–Crippen LogP) is 5.20. The van der Waals surface area contributed by atoms with Gasteiger partial charge >= 0.3 is 0 Å². The second kappa shape index (κ2) is 4.72. The van der Waals surface area contributed by atoms with Crippen LogP contribution in [-0.4, -0.2) is 9.97 Å². The van der Waals surface area contributed by atoms with E-state index in [1.165, 1.54) is 6.07 Å². The van der Waals surface area contributed by atoms with Gasteiger partial charge in [0.05, 0.1) is 16.6 Å². The van der Waals surface area contributed by atoms with Crippen LogP contribution in [0.25, 0.3) is 22.4 Å². The van der Waals surface area contributed by atoms with Gasteiger partial charge in [-0.15, -0.1) is 0 Å². The van der Waals surface area contributed by atoms with E-state index in [-0.39, 0.29) is 5.82 Å². The molecule has 0 fully saturated rings. The van der Waals surface area contributed by atoms with E-state index in [2.05, 4.69) is 41.8 Å². The number of H-pyrrole nitrogens is 1. The van der Waals surface area contributed by atoms with E-state index in [1.807, 2.05) is 19.1 Å². The zero-order valence-electron chi connectivity index (χ0n) is 9.97. The van der Waals surface area contributed by atoms with Crippen molar-refractivity contribution in [2.45, 2.75) is 6.92 Å². The summed E-state index contributed by atoms with van der Waals surface area (Å²) >= 11 is 6.69. The van der Waals surface area contributed by atoms with Crippen molar-refractivity contribution in [2.75, 3.05) is 0 Å². The molecule has 19 heavy (non-hydrogen) atoms. The molecule has 0 saturated heterocycles. The average Bonchev–Trinajstić information content (AvgIpc) is 2.72. The summed E-state index contributed by atoms with van der Waals surface area (Å²) in [7, 11) is 0. The molecule has 2 nitrogen and oxygen atoms in total. The summed E-state index contributed by atoms with van der Waals surface area (Å²) in [5, 5.41) is 0. The maximum atomic E-state index is 13.9. The molecule has 2 aromatic carbocycles. The molecule has 0 bridgehead atoms. The number of fused-ring (bicyclic) bond motifs is 1. The Morgan fingerprint density at radius 2 is 1.89 bits per heavy atom. The van der Waals surface area contributed by atoms with Crippen LogP contribution in [0.15, 0.2) is 39.3 Å². The van der Waals surface area contributed by atoms with Crippen molar-refractivity contribution in [3.05, 3.63) is 50.7 Å². The first-order valence-electron chi connectivity index (χ1n) is 5.66. The van der Waals surface area contributed by atoms with Crippen LogP contribution >= 0.6 is 31.9 Å². The highest BCUT2D eigenvalue weighted by Gasteiger charge is 2.12. The molecule has 5 heteroatoms. The van der Waals surface area contributed by atoms with Gasteiger partial charge in [0.2, 0.25) is 0 Å². The van der Waals surface area contributed by atoms with E-state index in [9.17, 15) is 4.39 Å². The number of benzene rings is 2. The summed E-state index contributed by atoms with van der Waals surface area (Å²) in [6, 6.07) is 8.88. The van der Waals surface area contributed by atoms with Gasteiger partial charge in [0.25, 0.3) is 0 Å². The monoisotopic (exact) mass is 382 g/mol. The number of nitrogens with one attached hydrogen (secondary N) is 1. The molecule has 0 saturated carbocycles. The quantitative estimate of drug-likeness (QED) is 0.614. The first-order valence-corrected chi connectivity index (χ1v) is 7.24. The molecule has 0 atom stereocenters. The fourth-order valence-electron chi connectivity index (χ4n) is 2.06. The van der Waals surface area contributed by atoms with Gasteiger partial charge in [-0.2, -0.15) is 0 Å². The van der Waals surface area contributed by atoms with E-state index in [0.717, 1.165) is 21.1 Å². The van der Waals surface area contributed by atoms with Crippen LogP contribution in [0, 0.1) is 12.7 Å². The van der Waals surface area contributed by atoms with Crippen LogP contribution in [0.3, 0.4) is 0 Å². The summed E-state index contributed by atoms with van der Waals surface area (Å²) in [5.74, 6) is 0.242. The van der Waals surface area contributed by atoms with Crippen molar-refractivity contribution in [3.63, 3.8) is 0 Å². The predicted molar refractivity (Wildman–Crippen MR) is 81.6 cm³/mol. The number of imidazole rings is 1. The molecule has 0 radical (unpaired) electrons. The lowest BCUT2D eigenvalue weighted by molar-refractivity contribution is 0.629. The Bertz CT molecular complexity index is 780. The van der Waals surface area contributed by atoms with Crippen molar-refractivity contribution < 1.29 is 4.39 Å². The molecule has 3 rings (SSSR count). The Kier molecular flexibility index (Phi) is 3.19. The van der Waals surface area contributed by atoms with Gasteiger partial charge in [0.1, 0.15) is 11.6 Å². The van der Waals surface area contributed by atoms with Gasteiger partial charge in [0, 0.05) is 8.95 Å². The molecule has 0 aliphatic carbocycles. The van der Waals surface area contributed by atoms with Gasteiger partial charge in [-0.1, -0.05) is 31.9 Å². The lowest BCUT2D eigenvalue weighted by atomic mass is 10.2. The number of aryl methyl sites for hydroxylation is 1. The van der Waals surface area contributed by atoms with Gasteiger partial charge < -0.3 is 4.98 Å². The van der Waals surface area contributed by atoms with Crippen LogP contribution in [0.1, 0.15) is 5.56 Å². The van der Waals surface area contributed by atoms with Gasteiger partial charge in [0.15, 0.2) is 0 Å². The van der Waals surface area contributed by atoms with Crippen molar-refractivity contribution in [1.82, 2.24) is 9.97 Å². The minimum atomic E-state index is -0.301. The molecule has 96 valence electrons. The molecule has 1 N–H and O–H groups in total. The zero-order valence-corrected chi connectivity index (χ0v) is 13.1. The molecule has 3 aromatic rings. The SMILES string of the molecule is Cc1cc(Br)cc2[nH]c(-c3ccc(Br)cc3F)nc12. The Hall–Kier alpha value is -1.20. The standard InChI is InChI=1S/C14H9Br2FN2/c1-7-4-9(16)6-12-13(7)19-14(18-12)10-3-2-8(15)5-11(10)17/h2-6H,1H3,(H,18,19). The second-order valence-corrected chi connectivity index (χ2v) is 6.16. The lowest BCUT2D eigenvalue weighted by Crippen LogP contribution is -1.86. The minimum Gasteiger partial charge on any atom is -0.338 e. The third kappa shape index (κ3) is 2.32. The highest BCUT2D eigenvalue weighted by Crippen LogP contribution is 2.28. The molecule has 0 aliphatic rings. The van der Waals surface area contributed by atoms with Crippen LogP contribution in [0.4, 0.5) is 4.39 Å². The number of hydrogen-bond acceptors (Lipinski definition) is 1. The fraction of sp³-hybridized carbons (Fsp3) is 0.0714. The lowest BCUT2D eigenvalue weighted by Gasteiger charge is -1.99. The largest absolute Gasteiger partial charge is 0.338 e. The van der Waals surface area contributed by atoms with Crippen molar-refractivity contribution in [2.24, 2.45) is 0 Å². The smallest absolute Gasteiger partial charge is 0.141 e. The molecule has 0 unspecified atom stereocenters. The topological polar surface area (TPSA) is 28.7 Å². The Morgan fingerprint density at radius 3 is 2.63 bits per heavy atom. The average molecular weight is 384 g/mol. The third-order valence-corrected chi connectivity index (χ3v) is 3.88. The second-order valence-electron chi connectivity index (χ2n) is 4.33. The Morgan fingerprint density at radius 1 is 1.11 bits per heavy atom. The van der Waals surface area contributed by atoms with E-state index >= 15 is 0 Å². The van der Waals surface area contributed by atoms with E-state index in [4.69, 9.17) is 0 Å². The van der Waals surface area contributed by atoms with Crippen molar-refractivity contribution >= 4 is 42.9 Å². The maximum absolute atomic E-state index is 13.9. The number of nitrogens with zero attached hydrogens (tertiary/aromatic N) is 1. The molecule has 0 aliphatic heterocycles. The molecule has 1 heterocycles. The van der Waals surface area contributed by atoms with Crippen molar-refractivity contribution in [1.29, 1.82) is 0 Å². The van der Waals surface area contributed by atoms with E-state index in [1.54, 1.807) is 12.1 Å². The third-order valence-electron chi connectivity index (χ3n) is 2.93. The number of hydrogen-bond donors (Lipinski definition) is 1. The van der Waals surface area contributed by atoms with Crippen molar-refractivity contribution in [3.8, 4) is 11.4 Å². The summed E-state index contributed by atoms with van der Waals surface area (Å²) in [6.45, 7) is 1.98. The molecular formula is C14H9Br2FN2. The van der Waals surface area contributed by atoms with E-state index < -0.39 is 0 Å². The number of aromatic amines is 1. The molecule has 0 spiro atoms. The van der Waals surface area contributed by atoms with Gasteiger partial charge in [-0.05, 0) is 42.8 Å². The molecular weight excluding hydrogens is 375 g/mol. The maximum Gasteiger partial charge on any atom is 0.141 e. The van der Waals surface area contributed by atoms with Gasteiger partial charge in [-0.3, -0.25) is 0 Å². The summed E-state index contributed by atoms with van der Waals surface area (Å²) in [5.41, 5.74) is 3.27. The number of aromatic nitrogens is 2. The Balaban J connectivity index is 2.23. The highest BCUT2D eigenvalue weighted by molar-refractivity contribution is 9.10. The summed E-state index contributed by atoms with van der Waals surface area (Å²) < 4.78 is 15.6. The summed E-state index contributed by atoms with van der Waals surface area (Å²) in [6.07, 6.45) is 0. The first kappa shape index (κ1) is 12.8. The highest BCUT2D eigenvalue weighted by atomic mass is 79.9. The van der Waals surface area contributed by atoms with Crippen LogP contribution in [0.2, 0.25) is 0 Å². The normalized spacial score (nSPS) is 11.2. The summed E-state index contributed by atoms with van der Waals surface area (Å²) in [4.78, 5) is 7.64. The first-order chi connectivity index (χ1) is 9.04. The Labute approximate surface area is 126 Å². The minimum absolute atomic E-state index is 0.301. The molecule has 1 aromatic heterocycles. The van der Waals surface area contributed by atoms with Crippen LogP contribution in [0.5, 0.6) is 0 Å². The molecule has 0 amide bonds.